The van der Waals surface area contributed by atoms with Gasteiger partial charge in [0.2, 0.25) is 0 Å². The number of nitrogens with zero attached hydrogens (tertiary/aromatic N) is 1. The third-order valence-corrected chi connectivity index (χ3v) is 7.93. The van der Waals surface area contributed by atoms with Crippen LogP contribution in [0.15, 0.2) is 11.6 Å². The first-order valence-electron chi connectivity index (χ1n) is 12.8. The first kappa shape index (κ1) is 23.8. The predicted octanol–water partition coefficient (Wildman–Crippen LogP) is 5.18. The number of rotatable bonds is 12. The monoisotopic (exact) mass is 418 g/mol. The van der Waals surface area contributed by atoms with Crippen molar-refractivity contribution in [3.8, 4) is 0 Å². The number of allylic oxidation sites excluding steroid dienone is 1. The van der Waals surface area contributed by atoms with Crippen LogP contribution in [-0.4, -0.2) is 49.7 Å². The molecule has 0 radical (unpaired) electrons. The third kappa shape index (κ3) is 5.68. The van der Waals surface area contributed by atoms with Crippen molar-refractivity contribution in [3.63, 3.8) is 0 Å². The molecule has 4 heteroatoms. The highest BCUT2D eigenvalue weighted by atomic mass is 16.6. The van der Waals surface area contributed by atoms with Gasteiger partial charge in [-0.3, -0.25) is 4.79 Å². The van der Waals surface area contributed by atoms with Crippen LogP contribution in [0.1, 0.15) is 85.5 Å². The van der Waals surface area contributed by atoms with Crippen molar-refractivity contribution < 1.29 is 9.53 Å². The fourth-order valence-electron chi connectivity index (χ4n) is 6.07. The van der Waals surface area contributed by atoms with E-state index in [1.807, 2.05) is 0 Å². The van der Waals surface area contributed by atoms with E-state index in [1.165, 1.54) is 58.0 Å². The van der Waals surface area contributed by atoms with E-state index in [0.29, 0.717) is 5.92 Å². The number of ether oxygens (including phenoxy) is 1. The molecule has 0 amide bonds. The summed E-state index contributed by atoms with van der Waals surface area (Å²) in [5.74, 6) is 0.958. The topological polar surface area (TPSA) is 41.6 Å². The Morgan fingerprint density at radius 2 is 1.87 bits per heavy atom. The minimum Gasteiger partial charge on any atom is -0.461 e. The smallest absolute Gasteiger partial charge is 0.311 e. The molecule has 1 N–H and O–H groups in total. The maximum Gasteiger partial charge on any atom is 0.311 e. The lowest BCUT2D eigenvalue weighted by Crippen LogP contribution is -2.40. The van der Waals surface area contributed by atoms with Crippen molar-refractivity contribution in [2.24, 2.45) is 23.2 Å². The van der Waals surface area contributed by atoms with E-state index in [9.17, 15) is 4.79 Å². The van der Waals surface area contributed by atoms with Crippen LogP contribution in [0.4, 0.5) is 0 Å². The standard InChI is InChI=1S/C26H46N2O2/c1-5-7-14-28(15-8-6-2)16-10-13-27-19-22-21-17-23-20(3)11-9-12-26(23,4)18-24(21)30-25(22)29/h17,20-22,24,27H,5-16,18-19H2,1-4H3/t20-,21+,22+,24+,26-/m1/s1. The Bertz CT molecular complexity index is 582. The van der Waals surface area contributed by atoms with E-state index in [-0.39, 0.29) is 29.3 Å². The number of fused-ring (bicyclic) bond motifs is 2. The summed E-state index contributed by atoms with van der Waals surface area (Å²) in [7, 11) is 0. The zero-order valence-corrected chi connectivity index (χ0v) is 20.0. The van der Waals surface area contributed by atoms with Crippen molar-refractivity contribution in [3.05, 3.63) is 11.6 Å². The molecule has 1 saturated carbocycles. The van der Waals surface area contributed by atoms with Crippen LogP contribution in [0.2, 0.25) is 0 Å². The van der Waals surface area contributed by atoms with Gasteiger partial charge < -0.3 is 15.0 Å². The molecule has 0 spiro atoms. The van der Waals surface area contributed by atoms with E-state index < -0.39 is 0 Å². The SMILES string of the molecule is CCCCN(CCCC)CCCNC[C@@H]1C(=O)O[C@H]2C[C@@]3(C)CCC[C@@H](C)C3=C[C@H]21. The van der Waals surface area contributed by atoms with Gasteiger partial charge >= 0.3 is 5.97 Å². The van der Waals surface area contributed by atoms with E-state index in [1.54, 1.807) is 5.57 Å². The van der Waals surface area contributed by atoms with Crippen molar-refractivity contribution in [1.82, 2.24) is 10.2 Å². The average Bonchev–Trinajstić information content (AvgIpc) is 3.01. The van der Waals surface area contributed by atoms with Crippen LogP contribution in [0.5, 0.6) is 0 Å². The van der Waals surface area contributed by atoms with E-state index in [2.05, 4.69) is 44.0 Å². The highest BCUT2D eigenvalue weighted by Gasteiger charge is 2.51. The molecule has 172 valence electrons. The summed E-state index contributed by atoms with van der Waals surface area (Å²) in [6.07, 6.45) is 13.7. The zero-order valence-electron chi connectivity index (χ0n) is 20.0. The maximum absolute atomic E-state index is 12.6. The third-order valence-electron chi connectivity index (χ3n) is 7.93. The van der Waals surface area contributed by atoms with Crippen molar-refractivity contribution >= 4 is 5.97 Å². The number of hydrogen-bond donors (Lipinski definition) is 1. The van der Waals surface area contributed by atoms with Crippen molar-refractivity contribution in [2.45, 2.75) is 91.6 Å². The van der Waals surface area contributed by atoms with Crippen LogP contribution in [0, 0.1) is 23.2 Å². The lowest BCUT2D eigenvalue weighted by molar-refractivity contribution is -0.145. The average molecular weight is 419 g/mol. The zero-order chi connectivity index (χ0) is 21.6. The molecule has 0 aromatic carbocycles. The van der Waals surface area contributed by atoms with Crippen LogP contribution < -0.4 is 5.32 Å². The summed E-state index contributed by atoms with van der Waals surface area (Å²) < 4.78 is 5.88. The Hall–Kier alpha value is -0.870. The van der Waals surface area contributed by atoms with Crippen LogP contribution >= 0.6 is 0 Å². The summed E-state index contributed by atoms with van der Waals surface area (Å²) in [6, 6.07) is 0. The highest BCUT2D eigenvalue weighted by molar-refractivity contribution is 5.76. The minimum absolute atomic E-state index is 0.00235. The lowest BCUT2D eigenvalue weighted by atomic mass is 9.59. The molecule has 1 aliphatic heterocycles. The first-order chi connectivity index (χ1) is 14.5. The second-order valence-electron chi connectivity index (χ2n) is 10.4. The predicted molar refractivity (Wildman–Crippen MR) is 124 cm³/mol. The molecule has 0 unspecified atom stereocenters. The van der Waals surface area contributed by atoms with Gasteiger partial charge in [0.05, 0.1) is 5.92 Å². The second kappa shape index (κ2) is 11.1. The van der Waals surface area contributed by atoms with Gasteiger partial charge in [0.1, 0.15) is 6.10 Å². The lowest BCUT2D eigenvalue weighted by Gasteiger charge is -2.46. The summed E-state index contributed by atoms with van der Waals surface area (Å²) in [5, 5.41) is 3.59. The molecule has 1 saturated heterocycles. The van der Waals surface area contributed by atoms with Gasteiger partial charge in [-0.1, -0.05) is 58.6 Å². The summed E-state index contributed by atoms with van der Waals surface area (Å²) in [4.78, 5) is 15.3. The molecule has 4 nitrogen and oxygen atoms in total. The summed E-state index contributed by atoms with van der Waals surface area (Å²) >= 11 is 0. The number of hydrogen-bond acceptors (Lipinski definition) is 4. The Kier molecular flexibility index (Phi) is 8.82. The quantitative estimate of drug-likeness (QED) is 0.269. The van der Waals surface area contributed by atoms with Gasteiger partial charge in [-0.05, 0) is 76.0 Å². The molecule has 3 aliphatic rings. The van der Waals surface area contributed by atoms with E-state index in [0.717, 1.165) is 32.5 Å². The number of nitrogens with one attached hydrogen (secondary N) is 1. The van der Waals surface area contributed by atoms with Gasteiger partial charge in [0.25, 0.3) is 0 Å². The molecule has 2 aliphatic carbocycles. The maximum atomic E-state index is 12.6. The Labute approximate surface area is 185 Å². The molecule has 1 heterocycles. The molecule has 0 aromatic heterocycles. The summed E-state index contributed by atoms with van der Waals surface area (Å²) in [6.45, 7) is 14.7. The fraction of sp³-hybridized carbons (Fsp3) is 0.885. The first-order valence-corrected chi connectivity index (χ1v) is 12.8. The fourth-order valence-corrected chi connectivity index (χ4v) is 6.07. The number of carbonyl (C=O) groups excluding carboxylic acids is 1. The van der Waals surface area contributed by atoms with Gasteiger partial charge in [-0.15, -0.1) is 0 Å². The molecule has 5 atom stereocenters. The Balaban J connectivity index is 1.48. The van der Waals surface area contributed by atoms with E-state index in [4.69, 9.17) is 4.74 Å². The molecule has 30 heavy (non-hydrogen) atoms. The molecule has 3 rings (SSSR count). The van der Waals surface area contributed by atoms with Crippen molar-refractivity contribution in [2.75, 3.05) is 32.7 Å². The molecular weight excluding hydrogens is 372 g/mol. The van der Waals surface area contributed by atoms with Gasteiger partial charge in [-0.2, -0.15) is 0 Å². The van der Waals surface area contributed by atoms with Crippen LogP contribution in [0.25, 0.3) is 0 Å². The van der Waals surface area contributed by atoms with Crippen LogP contribution in [-0.2, 0) is 9.53 Å². The van der Waals surface area contributed by atoms with Crippen molar-refractivity contribution in [1.29, 1.82) is 0 Å². The largest absolute Gasteiger partial charge is 0.461 e. The minimum atomic E-state index is -0.00235. The molecule has 2 fully saturated rings. The Morgan fingerprint density at radius 1 is 1.17 bits per heavy atom. The molecular formula is C26H46N2O2. The number of esters is 1. The second-order valence-corrected chi connectivity index (χ2v) is 10.4. The number of carbonyl (C=O) groups is 1. The van der Waals surface area contributed by atoms with Gasteiger partial charge in [0, 0.05) is 12.5 Å². The number of unbranched alkanes of at least 4 members (excludes halogenated alkanes) is 2. The van der Waals surface area contributed by atoms with E-state index >= 15 is 0 Å². The van der Waals surface area contributed by atoms with Gasteiger partial charge in [-0.25, -0.2) is 0 Å². The normalized spacial score (nSPS) is 33.2. The molecule has 0 aromatic rings. The molecule has 0 bridgehead atoms. The van der Waals surface area contributed by atoms with Crippen LogP contribution in [0.3, 0.4) is 0 Å². The highest BCUT2D eigenvalue weighted by Crippen LogP contribution is 2.53. The van der Waals surface area contributed by atoms with Gasteiger partial charge in [0.15, 0.2) is 0 Å². The summed E-state index contributed by atoms with van der Waals surface area (Å²) in [5.41, 5.74) is 1.86. The Morgan fingerprint density at radius 3 is 2.57 bits per heavy atom.